The van der Waals surface area contributed by atoms with Gasteiger partial charge >= 0.3 is 0 Å². The molecule has 2 heterocycles. The van der Waals surface area contributed by atoms with Gasteiger partial charge in [0, 0.05) is 25.1 Å². The molecule has 0 aliphatic heterocycles. The lowest BCUT2D eigenvalue weighted by Crippen LogP contribution is -2.21. The minimum absolute atomic E-state index is 0.124. The van der Waals surface area contributed by atoms with Crippen molar-refractivity contribution in [3.05, 3.63) is 42.1 Å². The standard InChI is InChI=1S/C25H35N5O/c1-6-18(15-31)13-14-26-23-22(17(2)28-24(30-23)27-16-25(3,4)5)21-12-11-19-9-7-8-10-20(19)29-21/h7-12,18,31H,6,13-16H2,1-5H3,(H2,26,27,28,30). The largest absolute Gasteiger partial charge is 0.396 e. The molecular weight excluding hydrogens is 386 g/mol. The van der Waals surface area contributed by atoms with Crippen LogP contribution in [0.5, 0.6) is 0 Å². The van der Waals surface area contributed by atoms with E-state index in [4.69, 9.17) is 15.0 Å². The van der Waals surface area contributed by atoms with E-state index in [1.165, 1.54) is 0 Å². The van der Waals surface area contributed by atoms with E-state index in [2.05, 4.69) is 50.5 Å². The number of aliphatic hydroxyl groups is 1. The van der Waals surface area contributed by atoms with Crippen LogP contribution < -0.4 is 10.6 Å². The van der Waals surface area contributed by atoms with Gasteiger partial charge < -0.3 is 15.7 Å². The number of hydrogen-bond donors (Lipinski definition) is 3. The van der Waals surface area contributed by atoms with E-state index >= 15 is 0 Å². The molecule has 0 aliphatic rings. The van der Waals surface area contributed by atoms with E-state index < -0.39 is 0 Å². The molecule has 3 rings (SSSR count). The molecule has 0 bridgehead atoms. The number of para-hydroxylation sites is 1. The van der Waals surface area contributed by atoms with Crippen LogP contribution >= 0.6 is 0 Å². The second-order valence-electron chi connectivity index (χ2n) is 9.33. The normalized spacial score (nSPS) is 12.7. The number of hydrogen-bond acceptors (Lipinski definition) is 6. The molecule has 6 nitrogen and oxygen atoms in total. The number of aliphatic hydroxyl groups excluding tert-OH is 1. The van der Waals surface area contributed by atoms with E-state index in [1.807, 2.05) is 31.2 Å². The van der Waals surface area contributed by atoms with Crippen LogP contribution in [0.15, 0.2) is 36.4 Å². The van der Waals surface area contributed by atoms with Crippen LogP contribution in [0.2, 0.25) is 0 Å². The number of nitrogens with zero attached hydrogens (tertiary/aromatic N) is 3. The van der Waals surface area contributed by atoms with Gasteiger partial charge in [0.15, 0.2) is 0 Å². The van der Waals surface area contributed by atoms with Crippen molar-refractivity contribution in [3.63, 3.8) is 0 Å². The van der Waals surface area contributed by atoms with Crippen molar-refractivity contribution in [2.45, 2.75) is 47.5 Å². The van der Waals surface area contributed by atoms with Crippen LogP contribution in [0.3, 0.4) is 0 Å². The highest BCUT2D eigenvalue weighted by molar-refractivity contribution is 5.84. The van der Waals surface area contributed by atoms with Gasteiger partial charge in [-0.1, -0.05) is 58.4 Å². The third kappa shape index (κ3) is 6.14. The number of aryl methyl sites for hydroxylation is 1. The summed E-state index contributed by atoms with van der Waals surface area (Å²) in [5, 5.41) is 17.5. The number of aromatic nitrogens is 3. The predicted octanol–water partition coefficient (Wildman–Crippen LogP) is 5.28. The van der Waals surface area contributed by atoms with Crippen LogP contribution in [0, 0.1) is 18.3 Å². The van der Waals surface area contributed by atoms with Crippen molar-refractivity contribution in [1.29, 1.82) is 0 Å². The fourth-order valence-corrected chi connectivity index (χ4v) is 3.46. The van der Waals surface area contributed by atoms with Gasteiger partial charge in [-0.05, 0) is 36.8 Å². The summed E-state index contributed by atoms with van der Waals surface area (Å²) in [5.41, 5.74) is 3.73. The summed E-state index contributed by atoms with van der Waals surface area (Å²) in [6, 6.07) is 12.2. The Balaban J connectivity index is 1.96. The Kier molecular flexibility index (Phi) is 7.44. The lowest BCUT2D eigenvalue weighted by atomic mass is 9.97. The van der Waals surface area contributed by atoms with Gasteiger partial charge in [-0.2, -0.15) is 4.98 Å². The summed E-state index contributed by atoms with van der Waals surface area (Å²) in [6.45, 7) is 12.4. The molecule has 166 valence electrons. The molecule has 0 fully saturated rings. The Morgan fingerprint density at radius 2 is 1.77 bits per heavy atom. The fraction of sp³-hybridized carbons (Fsp3) is 0.480. The Bertz CT molecular complexity index is 1010. The Morgan fingerprint density at radius 1 is 1.00 bits per heavy atom. The summed E-state index contributed by atoms with van der Waals surface area (Å²) < 4.78 is 0. The second kappa shape index (κ2) is 10.1. The van der Waals surface area contributed by atoms with E-state index in [-0.39, 0.29) is 17.9 Å². The lowest BCUT2D eigenvalue weighted by Gasteiger charge is -2.21. The van der Waals surface area contributed by atoms with Gasteiger partial charge in [-0.3, -0.25) is 0 Å². The number of pyridine rings is 1. The van der Waals surface area contributed by atoms with Crippen LogP contribution in [-0.4, -0.2) is 39.8 Å². The number of anilines is 2. The van der Waals surface area contributed by atoms with Crippen molar-refractivity contribution < 1.29 is 5.11 Å². The number of rotatable bonds is 9. The molecule has 2 aromatic heterocycles. The van der Waals surface area contributed by atoms with Gasteiger partial charge in [0.2, 0.25) is 5.95 Å². The Labute approximate surface area is 185 Å². The average Bonchev–Trinajstić information content (AvgIpc) is 2.74. The van der Waals surface area contributed by atoms with Crippen LogP contribution in [0.1, 0.15) is 46.2 Å². The minimum atomic E-state index is 0.124. The molecule has 0 saturated heterocycles. The maximum absolute atomic E-state index is 9.52. The third-order valence-corrected chi connectivity index (χ3v) is 5.40. The zero-order valence-corrected chi connectivity index (χ0v) is 19.4. The van der Waals surface area contributed by atoms with E-state index in [1.54, 1.807) is 0 Å². The van der Waals surface area contributed by atoms with E-state index in [0.717, 1.165) is 59.6 Å². The summed E-state index contributed by atoms with van der Waals surface area (Å²) in [6.07, 6.45) is 1.84. The Hall–Kier alpha value is -2.73. The van der Waals surface area contributed by atoms with Crippen molar-refractivity contribution in [2.24, 2.45) is 11.3 Å². The van der Waals surface area contributed by atoms with E-state index in [9.17, 15) is 5.11 Å². The first-order valence-corrected chi connectivity index (χ1v) is 11.1. The molecule has 6 heteroatoms. The molecule has 1 aromatic carbocycles. The fourth-order valence-electron chi connectivity index (χ4n) is 3.46. The molecule has 3 N–H and O–H groups in total. The average molecular weight is 422 g/mol. The van der Waals surface area contributed by atoms with E-state index in [0.29, 0.717) is 5.95 Å². The number of nitrogens with one attached hydrogen (secondary N) is 2. The second-order valence-corrected chi connectivity index (χ2v) is 9.33. The maximum Gasteiger partial charge on any atom is 0.224 e. The highest BCUT2D eigenvalue weighted by Crippen LogP contribution is 2.31. The van der Waals surface area contributed by atoms with Gasteiger partial charge in [-0.15, -0.1) is 0 Å². The molecule has 31 heavy (non-hydrogen) atoms. The van der Waals surface area contributed by atoms with Crippen molar-refractivity contribution in [3.8, 4) is 11.3 Å². The van der Waals surface area contributed by atoms with Crippen molar-refractivity contribution in [1.82, 2.24) is 15.0 Å². The topological polar surface area (TPSA) is 83.0 Å². The first kappa shape index (κ1) is 22.9. The summed E-state index contributed by atoms with van der Waals surface area (Å²) in [4.78, 5) is 14.4. The highest BCUT2D eigenvalue weighted by Gasteiger charge is 2.17. The molecule has 0 saturated carbocycles. The lowest BCUT2D eigenvalue weighted by molar-refractivity contribution is 0.217. The summed E-state index contributed by atoms with van der Waals surface area (Å²) in [5.74, 6) is 1.68. The molecule has 1 atom stereocenters. The highest BCUT2D eigenvalue weighted by atomic mass is 16.3. The van der Waals surface area contributed by atoms with Gasteiger partial charge in [0.05, 0.1) is 22.5 Å². The minimum Gasteiger partial charge on any atom is -0.396 e. The van der Waals surface area contributed by atoms with Crippen molar-refractivity contribution >= 4 is 22.7 Å². The van der Waals surface area contributed by atoms with Crippen LogP contribution in [-0.2, 0) is 0 Å². The Morgan fingerprint density at radius 3 is 2.48 bits per heavy atom. The quantitative estimate of drug-likeness (QED) is 0.436. The van der Waals surface area contributed by atoms with Crippen LogP contribution in [0.4, 0.5) is 11.8 Å². The van der Waals surface area contributed by atoms with Crippen molar-refractivity contribution in [2.75, 3.05) is 30.3 Å². The summed E-state index contributed by atoms with van der Waals surface area (Å²) in [7, 11) is 0. The maximum atomic E-state index is 9.52. The molecule has 0 spiro atoms. The molecule has 3 aromatic rings. The smallest absolute Gasteiger partial charge is 0.224 e. The van der Waals surface area contributed by atoms with Gasteiger partial charge in [-0.25, -0.2) is 9.97 Å². The third-order valence-electron chi connectivity index (χ3n) is 5.40. The predicted molar refractivity (Wildman–Crippen MR) is 129 cm³/mol. The number of benzene rings is 1. The molecule has 0 aliphatic carbocycles. The first-order chi connectivity index (χ1) is 14.8. The zero-order chi connectivity index (χ0) is 22.4. The van der Waals surface area contributed by atoms with Gasteiger partial charge in [0.25, 0.3) is 0 Å². The molecule has 0 radical (unpaired) electrons. The molecule has 1 unspecified atom stereocenters. The first-order valence-electron chi connectivity index (χ1n) is 11.1. The number of fused-ring (bicyclic) bond motifs is 1. The van der Waals surface area contributed by atoms with Gasteiger partial charge in [0.1, 0.15) is 5.82 Å². The zero-order valence-electron chi connectivity index (χ0n) is 19.4. The monoisotopic (exact) mass is 421 g/mol. The SMILES string of the molecule is CCC(CO)CCNc1nc(NCC(C)(C)C)nc(C)c1-c1ccc2ccccc2n1. The molecule has 0 amide bonds. The van der Waals surface area contributed by atoms with Crippen LogP contribution in [0.25, 0.3) is 22.2 Å². The summed E-state index contributed by atoms with van der Waals surface area (Å²) >= 11 is 0. The molecular formula is C25H35N5O.